The van der Waals surface area contributed by atoms with Crippen LogP contribution in [0.2, 0.25) is 0 Å². The SMILES string of the molecule is CCCCCCN(C(=O)C(Cc1ccc(O)cc1)NC(=O)OC(C)(C)C)C(C(=O)NCC(=O)OC)c1cccc(C)c1. The highest BCUT2D eigenvalue weighted by Crippen LogP contribution is 2.25. The summed E-state index contributed by atoms with van der Waals surface area (Å²) in [4.78, 5) is 54.3. The van der Waals surface area contributed by atoms with Crippen molar-refractivity contribution in [2.75, 3.05) is 20.2 Å². The highest BCUT2D eigenvalue weighted by molar-refractivity contribution is 5.93. The number of esters is 1. The first kappa shape index (κ1) is 34.1. The molecule has 2 aromatic rings. The van der Waals surface area contributed by atoms with Crippen molar-refractivity contribution in [3.63, 3.8) is 0 Å². The molecule has 0 saturated heterocycles. The second-order valence-corrected chi connectivity index (χ2v) is 11.3. The first-order valence-electron chi connectivity index (χ1n) is 14.3. The number of nitrogens with one attached hydrogen (secondary N) is 2. The van der Waals surface area contributed by atoms with Crippen LogP contribution in [0.15, 0.2) is 48.5 Å². The first-order valence-corrected chi connectivity index (χ1v) is 14.3. The van der Waals surface area contributed by atoms with Gasteiger partial charge in [-0.3, -0.25) is 14.4 Å². The van der Waals surface area contributed by atoms with Gasteiger partial charge in [-0.2, -0.15) is 0 Å². The molecule has 2 aromatic carbocycles. The summed E-state index contributed by atoms with van der Waals surface area (Å²) >= 11 is 0. The molecule has 0 aliphatic rings. The Balaban J connectivity index is 2.56. The standard InChI is InChI=1S/C32H45N3O7/c1-7-8-9-10-18-35(28(24-13-11-12-22(2)19-24)29(38)33-21-27(37)41-6)30(39)26(34-31(40)42-32(3,4)5)20-23-14-16-25(36)17-15-23/h11-17,19,26,28,36H,7-10,18,20-21H2,1-6H3,(H,33,38)(H,34,40). The molecule has 0 aliphatic carbocycles. The molecule has 0 heterocycles. The number of amides is 3. The van der Waals surface area contributed by atoms with Crippen molar-refractivity contribution in [3.8, 4) is 5.75 Å². The van der Waals surface area contributed by atoms with Gasteiger partial charge in [0.1, 0.15) is 30.0 Å². The van der Waals surface area contributed by atoms with Gasteiger partial charge in [0.15, 0.2) is 0 Å². The summed E-state index contributed by atoms with van der Waals surface area (Å²) in [5.74, 6) is -1.58. The van der Waals surface area contributed by atoms with Crippen LogP contribution in [-0.2, 0) is 30.3 Å². The van der Waals surface area contributed by atoms with Crippen LogP contribution in [0.1, 0.15) is 76.1 Å². The molecule has 0 aromatic heterocycles. The molecule has 3 N–H and O–H groups in total. The molecular weight excluding hydrogens is 538 g/mol. The van der Waals surface area contributed by atoms with E-state index in [1.165, 1.54) is 24.1 Å². The fraction of sp³-hybridized carbons (Fsp3) is 0.500. The van der Waals surface area contributed by atoms with Gasteiger partial charge in [0.05, 0.1) is 7.11 Å². The minimum Gasteiger partial charge on any atom is -0.508 e. The lowest BCUT2D eigenvalue weighted by Crippen LogP contribution is -2.54. The number of carbonyl (C=O) groups excluding carboxylic acids is 4. The summed E-state index contributed by atoms with van der Waals surface area (Å²) in [6, 6.07) is 11.4. The number of rotatable bonds is 14. The number of methoxy groups -OCH3 is 1. The molecule has 0 fully saturated rings. The van der Waals surface area contributed by atoms with E-state index in [1.807, 2.05) is 19.1 Å². The Morgan fingerprint density at radius 2 is 1.69 bits per heavy atom. The third-order valence-corrected chi connectivity index (χ3v) is 6.45. The predicted octanol–water partition coefficient (Wildman–Crippen LogP) is 4.58. The largest absolute Gasteiger partial charge is 0.508 e. The maximum atomic E-state index is 14.4. The molecule has 2 rings (SSSR count). The summed E-state index contributed by atoms with van der Waals surface area (Å²) in [5.41, 5.74) is 1.36. The number of hydrogen-bond acceptors (Lipinski definition) is 7. The molecule has 10 heteroatoms. The van der Waals surface area contributed by atoms with Gasteiger partial charge in [-0.25, -0.2) is 4.79 Å². The molecule has 10 nitrogen and oxygen atoms in total. The second kappa shape index (κ2) is 16.4. The minimum atomic E-state index is -1.09. The van der Waals surface area contributed by atoms with Crippen molar-refractivity contribution in [1.82, 2.24) is 15.5 Å². The van der Waals surface area contributed by atoms with Gasteiger partial charge in [-0.05, 0) is 57.4 Å². The number of benzene rings is 2. The van der Waals surface area contributed by atoms with E-state index in [0.29, 0.717) is 17.5 Å². The second-order valence-electron chi connectivity index (χ2n) is 11.3. The lowest BCUT2D eigenvalue weighted by atomic mass is 9.98. The molecule has 2 unspecified atom stereocenters. The number of aryl methyl sites for hydroxylation is 1. The smallest absolute Gasteiger partial charge is 0.408 e. The molecule has 230 valence electrons. The fourth-order valence-corrected chi connectivity index (χ4v) is 4.43. The van der Waals surface area contributed by atoms with E-state index in [4.69, 9.17) is 4.74 Å². The Morgan fingerprint density at radius 1 is 1.00 bits per heavy atom. The summed E-state index contributed by atoms with van der Waals surface area (Å²) in [6.45, 7) is 9.03. The van der Waals surface area contributed by atoms with Crippen molar-refractivity contribution in [2.45, 2.75) is 84.4 Å². The topological polar surface area (TPSA) is 134 Å². The molecule has 42 heavy (non-hydrogen) atoms. The van der Waals surface area contributed by atoms with Crippen LogP contribution in [0, 0.1) is 6.92 Å². The molecule has 0 saturated carbocycles. The Kier molecular flexibility index (Phi) is 13.3. The van der Waals surface area contributed by atoms with Crippen LogP contribution in [0.3, 0.4) is 0 Å². The van der Waals surface area contributed by atoms with Gasteiger partial charge in [-0.1, -0.05) is 68.1 Å². The molecule has 3 amide bonds. The van der Waals surface area contributed by atoms with Crippen molar-refractivity contribution < 1.29 is 33.8 Å². The van der Waals surface area contributed by atoms with E-state index in [0.717, 1.165) is 24.8 Å². The minimum absolute atomic E-state index is 0.0704. The molecular formula is C32H45N3O7. The molecule has 0 spiro atoms. The van der Waals surface area contributed by atoms with E-state index in [2.05, 4.69) is 22.3 Å². The number of alkyl carbamates (subject to hydrolysis) is 1. The average molecular weight is 584 g/mol. The maximum absolute atomic E-state index is 14.4. The number of nitrogens with zero attached hydrogens (tertiary/aromatic N) is 1. The molecule has 0 bridgehead atoms. The normalized spacial score (nSPS) is 12.5. The lowest BCUT2D eigenvalue weighted by molar-refractivity contribution is -0.144. The van der Waals surface area contributed by atoms with E-state index in [1.54, 1.807) is 45.0 Å². The third kappa shape index (κ3) is 11.4. The van der Waals surface area contributed by atoms with E-state index in [9.17, 15) is 24.3 Å². The first-order chi connectivity index (χ1) is 19.8. The summed E-state index contributed by atoms with van der Waals surface area (Å²) < 4.78 is 10.2. The van der Waals surface area contributed by atoms with Crippen LogP contribution < -0.4 is 10.6 Å². The van der Waals surface area contributed by atoms with Gasteiger partial charge in [0, 0.05) is 13.0 Å². The van der Waals surface area contributed by atoms with E-state index < -0.39 is 41.6 Å². The number of carbonyl (C=O) groups is 4. The zero-order valence-corrected chi connectivity index (χ0v) is 25.6. The highest BCUT2D eigenvalue weighted by atomic mass is 16.6. The Morgan fingerprint density at radius 3 is 2.29 bits per heavy atom. The summed E-state index contributed by atoms with van der Waals surface area (Å²) in [7, 11) is 1.23. The van der Waals surface area contributed by atoms with Crippen LogP contribution in [-0.4, -0.2) is 65.7 Å². The fourth-order valence-electron chi connectivity index (χ4n) is 4.43. The highest BCUT2D eigenvalue weighted by Gasteiger charge is 2.36. The Bertz CT molecular complexity index is 1190. The average Bonchev–Trinajstić information content (AvgIpc) is 2.92. The molecule has 2 atom stereocenters. The number of hydrogen-bond donors (Lipinski definition) is 3. The third-order valence-electron chi connectivity index (χ3n) is 6.45. The number of phenols is 1. The number of aromatic hydroxyl groups is 1. The lowest BCUT2D eigenvalue weighted by Gasteiger charge is -2.34. The van der Waals surface area contributed by atoms with Crippen molar-refractivity contribution in [2.24, 2.45) is 0 Å². The number of phenolic OH excluding ortho intramolecular Hbond substituents is 1. The molecule has 0 radical (unpaired) electrons. The van der Waals surface area contributed by atoms with Gasteiger partial charge in [0.2, 0.25) is 11.8 Å². The van der Waals surface area contributed by atoms with Gasteiger partial charge < -0.3 is 30.1 Å². The van der Waals surface area contributed by atoms with E-state index in [-0.39, 0.29) is 25.3 Å². The zero-order valence-electron chi connectivity index (χ0n) is 25.6. The van der Waals surface area contributed by atoms with Crippen molar-refractivity contribution >= 4 is 23.9 Å². The number of unbranched alkanes of at least 4 members (excludes halogenated alkanes) is 3. The monoisotopic (exact) mass is 583 g/mol. The van der Waals surface area contributed by atoms with Crippen LogP contribution in [0.4, 0.5) is 4.79 Å². The van der Waals surface area contributed by atoms with Gasteiger partial charge in [0.25, 0.3) is 0 Å². The van der Waals surface area contributed by atoms with Crippen LogP contribution >= 0.6 is 0 Å². The van der Waals surface area contributed by atoms with Gasteiger partial charge in [-0.15, -0.1) is 0 Å². The van der Waals surface area contributed by atoms with Crippen LogP contribution in [0.25, 0.3) is 0 Å². The predicted molar refractivity (Wildman–Crippen MR) is 160 cm³/mol. The quantitative estimate of drug-likeness (QED) is 0.219. The maximum Gasteiger partial charge on any atom is 0.408 e. The summed E-state index contributed by atoms with van der Waals surface area (Å²) in [5, 5.41) is 15.1. The summed E-state index contributed by atoms with van der Waals surface area (Å²) in [6.07, 6.45) is 2.73. The van der Waals surface area contributed by atoms with Crippen LogP contribution in [0.5, 0.6) is 5.75 Å². The molecule has 0 aliphatic heterocycles. The van der Waals surface area contributed by atoms with Crippen molar-refractivity contribution in [1.29, 1.82) is 0 Å². The van der Waals surface area contributed by atoms with Crippen molar-refractivity contribution in [3.05, 3.63) is 65.2 Å². The zero-order chi connectivity index (χ0) is 31.3. The van der Waals surface area contributed by atoms with E-state index >= 15 is 0 Å². The Hall–Kier alpha value is -4.08. The number of ether oxygens (including phenoxy) is 2. The Labute approximate surface area is 248 Å². The van der Waals surface area contributed by atoms with Gasteiger partial charge >= 0.3 is 12.1 Å².